The molecule has 0 saturated heterocycles. The van der Waals surface area contributed by atoms with Crippen LogP contribution in [0.5, 0.6) is 0 Å². The van der Waals surface area contributed by atoms with Crippen LogP contribution < -0.4 is 0 Å². The zero-order valence-electron chi connectivity index (χ0n) is 13.1. The normalized spacial score (nSPS) is 43.3. The Kier molecular flexibility index (Phi) is 4.72. The van der Waals surface area contributed by atoms with Crippen LogP contribution >= 0.6 is 0 Å². The Hall–Kier alpha value is -1.35. The van der Waals surface area contributed by atoms with Gasteiger partial charge >= 0.3 is 5.97 Å². The second kappa shape index (κ2) is 6.18. The molecule has 6 atom stereocenters. The topological polar surface area (TPSA) is 57.5 Å². The standard InChI is InChI=1S/C18H26O3/c1-12-8-9-14-11-18(3,21)10-13(2)17(14)15(12)6-4-5-7-16(19)20/h4-9,12-15,17,21H,10-11H2,1-3H3,(H,19,20)/b6-4-,7-5+/t12-,13+,14-,15-,17-,18+/m0/s1. The molecule has 2 aliphatic rings. The SMILES string of the molecule is C[C@@H]1C[C@@](C)(O)C[C@@H]2C=C[C@H](C)[C@H](/C=C\C=C\C(=O)O)[C@@H]12. The van der Waals surface area contributed by atoms with Gasteiger partial charge in [-0.2, -0.15) is 0 Å². The van der Waals surface area contributed by atoms with E-state index in [0.29, 0.717) is 29.6 Å². The number of carboxylic acid groups (broad SMARTS) is 1. The van der Waals surface area contributed by atoms with Crippen molar-refractivity contribution in [2.24, 2.45) is 29.6 Å². The van der Waals surface area contributed by atoms with E-state index >= 15 is 0 Å². The Labute approximate surface area is 127 Å². The largest absolute Gasteiger partial charge is 0.478 e. The highest BCUT2D eigenvalue weighted by Gasteiger charge is 2.44. The molecule has 0 spiro atoms. The zero-order valence-corrected chi connectivity index (χ0v) is 13.1. The van der Waals surface area contributed by atoms with Gasteiger partial charge in [0.15, 0.2) is 0 Å². The summed E-state index contributed by atoms with van der Waals surface area (Å²) >= 11 is 0. The molecule has 0 unspecified atom stereocenters. The maximum atomic E-state index is 10.5. The van der Waals surface area contributed by atoms with Crippen molar-refractivity contribution in [3.63, 3.8) is 0 Å². The van der Waals surface area contributed by atoms with Crippen LogP contribution in [-0.4, -0.2) is 21.8 Å². The van der Waals surface area contributed by atoms with Crippen molar-refractivity contribution in [3.05, 3.63) is 36.5 Å². The molecule has 0 bridgehead atoms. The van der Waals surface area contributed by atoms with Crippen molar-refractivity contribution in [2.75, 3.05) is 0 Å². The van der Waals surface area contributed by atoms with E-state index in [4.69, 9.17) is 5.11 Å². The van der Waals surface area contributed by atoms with Crippen molar-refractivity contribution >= 4 is 5.97 Å². The summed E-state index contributed by atoms with van der Waals surface area (Å²) in [5, 5.41) is 19.0. The Morgan fingerprint density at radius 3 is 2.62 bits per heavy atom. The van der Waals surface area contributed by atoms with Crippen LogP contribution in [0, 0.1) is 29.6 Å². The third kappa shape index (κ3) is 3.85. The smallest absolute Gasteiger partial charge is 0.328 e. The number of allylic oxidation sites excluding steroid dienone is 5. The predicted octanol–water partition coefficient (Wildman–Crippen LogP) is 3.42. The molecule has 3 nitrogen and oxygen atoms in total. The van der Waals surface area contributed by atoms with E-state index in [1.807, 2.05) is 13.0 Å². The fraction of sp³-hybridized carbons (Fsp3) is 0.611. The second-order valence-electron chi connectivity index (χ2n) is 7.03. The van der Waals surface area contributed by atoms with Crippen molar-refractivity contribution < 1.29 is 15.0 Å². The number of aliphatic carboxylic acids is 1. The number of rotatable bonds is 3. The minimum atomic E-state index is -0.920. The molecule has 0 aliphatic heterocycles. The molecule has 21 heavy (non-hydrogen) atoms. The fourth-order valence-electron chi connectivity index (χ4n) is 4.27. The number of hydrogen-bond acceptors (Lipinski definition) is 2. The summed E-state index contributed by atoms with van der Waals surface area (Å²) in [5.74, 6) is 1.34. The lowest BCUT2D eigenvalue weighted by Gasteiger charge is -2.48. The number of hydrogen-bond donors (Lipinski definition) is 2. The summed E-state index contributed by atoms with van der Waals surface area (Å²) in [6.07, 6.45) is 12.9. The molecule has 3 heteroatoms. The summed E-state index contributed by atoms with van der Waals surface area (Å²) in [6, 6.07) is 0. The summed E-state index contributed by atoms with van der Waals surface area (Å²) < 4.78 is 0. The van der Waals surface area contributed by atoms with E-state index in [1.165, 1.54) is 0 Å². The number of aliphatic hydroxyl groups is 1. The molecule has 0 radical (unpaired) electrons. The maximum absolute atomic E-state index is 10.5. The van der Waals surface area contributed by atoms with E-state index < -0.39 is 11.6 Å². The third-order valence-corrected chi connectivity index (χ3v) is 4.99. The molecular weight excluding hydrogens is 264 g/mol. The average molecular weight is 290 g/mol. The molecule has 2 aliphatic carbocycles. The Morgan fingerprint density at radius 2 is 1.95 bits per heavy atom. The second-order valence-corrected chi connectivity index (χ2v) is 7.03. The zero-order chi connectivity index (χ0) is 15.6. The first-order chi connectivity index (χ1) is 9.80. The van der Waals surface area contributed by atoms with Gasteiger partial charge in [0.05, 0.1) is 5.60 Å². The lowest BCUT2D eigenvalue weighted by molar-refractivity contribution is -0.131. The van der Waals surface area contributed by atoms with Crippen molar-refractivity contribution in [1.82, 2.24) is 0 Å². The Bertz CT molecular complexity index is 473. The van der Waals surface area contributed by atoms with Crippen molar-refractivity contribution in [2.45, 2.75) is 39.2 Å². The summed E-state index contributed by atoms with van der Waals surface area (Å²) in [6.45, 7) is 6.37. The van der Waals surface area contributed by atoms with E-state index in [2.05, 4.69) is 32.1 Å². The quantitative estimate of drug-likeness (QED) is 0.476. The maximum Gasteiger partial charge on any atom is 0.328 e. The van der Waals surface area contributed by atoms with Gasteiger partial charge < -0.3 is 10.2 Å². The molecule has 0 aromatic rings. The van der Waals surface area contributed by atoms with Gasteiger partial charge in [-0.3, -0.25) is 0 Å². The summed E-state index contributed by atoms with van der Waals surface area (Å²) in [4.78, 5) is 10.5. The van der Waals surface area contributed by atoms with Gasteiger partial charge in [0.2, 0.25) is 0 Å². The molecule has 0 aromatic carbocycles. The number of carboxylic acids is 1. The molecule has 1 saturated carbocycles. The van der Waals surface area contributed by atoms with Gasteiger partial charge in [-0.1, -0.05) is 44.2 Å². The molecular formula is C18H26O3. The molecule has 1 fully saturated rings. The Balaban J connectivity index is 2.17. The first-order valence-corrected chi connectivity index (χ1v) is 7.78. The van der Waals surface area contributed by atoms with Crippen LogP contribution in [0.3, 0.4) is 0 Å². The third-order valence-electron chi connectivity index (χ3n) is 4.99. The molecule has 2 N–H and O–H groups in total. The molecule has 0 amide bonds. The highest BCUT2D eigenvalue weighted by atomic mass is 16.4. The summed E-state index contributed by atoms with van der Waals surface area (Å²) in [5.41, 5.74) is -0.566. The number of carbonyl (C=O) groups is 1. The van der Waals surface area contributed by atoms with E-state index in [9.17, 15) is 9.90 Å². The fourth-order valence-corrected chi connectivity index (χ4v) is 4.27. The Morgan fingerprint density at radius 1 is 1.24 bits per heavy atom. The van der Waals surface area contributed by atoms with Gasteiger partial charge in [0, 0.05) is 6.08 Å². The van der Waals surface area contributed by atoms with Crippen molar-refractivity contribution in [1.29, 1.82) is 0 Å². The average Bonchev–Trinajstić information content (AvgIpc) is 2.35. The van der Waals surface area contributed by atoms with Crippen LogP contribution in [0.25, 0.3) is 0 Å². The van der Waals surface area contributed by atoms with E-state index in [1.54, 1.807) is 6.08 Å². The minimum Gasteiger partial charge on any atom is -0.478 e. The highest BCUT2D eigenvalue weighted by molar-refractivity contribution is 5.80. The van der Waals surface area contributed by atoms with Crippen LogP contribution in [0.2, 0.25) is 0 Å². The van der Waals surface area contributed by atoms with Gasteiger partial charge in [-0.05, 0) is 49.4 Å². The first-order valence-electron chi connectivity index (χ1n) is 7.78. The molecule has 0 aromatic heterocycles. The predicted molar refractivity (Wildman–Crippen MR) is 83.7 cm³/mol. The first kappa shape index (κ1) is 16.0. The van der Waals surface area contributed by atoms with Gasteiger partial charge in [-0.15, -0.1) is 0 Å². The van der Waals surface area contributed by atoms with Crippen LogP contribution in [0.1, 0.15) is 33.6 Å². The van der Waals surface area contributed by atoms with Crippen LogP contribution in [0.15, 0.2) is 36.5 Å². The van der Waals surface area contributed by atoms with E-state index in [-0.39, 0.29) is 0 Å². The molecule has 116 valence electrons. The van der Waals surface area contributed by atoms with Gasteiger partial charge in [0.1, 0.15) is 0 Å². The monoisotopic (exact) mass is 290 g/mol. The van der Waals surface area contributed by atoms with Crippen molar-refractivity contribution in [3.8, 4) is 0 Å². The van der Waals surface area contributed by atoms with Gasteiger partial charge in [0.25, 0.3) is 0 Å². The highest BCUT2D eigenvalue weighted by Crippen LogP contribution is 2.49. The molecule has 0 heterocycles. The number of fused-ring (bicyclic) bond motifs is 1. The minimum absolute atomic E-state index is 0.407. The summed E-state index contributed by atoms with van der Waals surface area (Å²) in [7, 11) is 0. The van der Waals surface area contributed by atoms with Crippen LogP contribution in [0.4, 0.5) is 0 Å². The van der Waals surface area contributed by atoms with E-state index in [0.717, 1.165) is 18.9 Å². The lowest BCUT2D eigenvalue weighted by atomic mass is 9.58. The molecule has 2 rings (SSSR count). The van der Waals surface area contributed by atoms with Crippen LogP contribution in [-0.2, 0) is 4.79 Å². The lowest BCUT2D eigenvalue weighted by Crippen LogP contribution is -2.45. The van der Waals surface area contributed by atoms with Gasteiger partial charge in [-0.25, -0.2) is 4.79 Å².